The standard InChI is InChI=1S/C25H27N11O.2C2H6/c1-15(10-26)31-20-9-23(36-25-19(12-30-36)8-18(11-27)24(28)32-25)29-13-22(20)35-14-21(33-34-35)17-4-2-16(3-5-17)6-7-37;2*1-2/h8-9,12-17,37H,2-7H2,1H3,(H2,28,32)(H,29,31);2*1-2H3/t15-,16?,17?;;/m1../s1. The van der Waals surface area contributed by atoms with Gasteiger partial charge in [0.1, 0.15) is 23.6 Å². The van der Waals surface area contributed by atoms with Gasteiger partial charge in [-0.2, -0.15) is 20.3 Å². The van der Waals surface area contributed by atoms with Gasteiger partial charge in [-0.15, -0.1) is 5.10 Å². The van der Waals surface area contributed by atoms with Crippen LogP contribution >= 0.6 is 0 Å². The normalized spacial score (nSPS) is 16.8. The number of nitrogens with two attached hydrogens (primary N) is 1. The number of nitriles is 2. The topological polar surface area (TPSA) is 180 Å². The van der Waals surface area contributed by atoms with Crippen LogP contribution in [0, 0.1) is 28.6 Å². The molecule has 4 aromatic rings. The minimum Gasteiger partial charge on any atom is -0.396 e. The van der Waals surface area contributed by atoms with Crippen molar-refractivity contribution in [2.75, 3.05) is 17.7 Å². The highest BCUT2D eigenvalue weighted by Gasteiger charge is 2.25. The fourth-order valence-electron chi connectivity index (χ4n) is 4.86. The minimum absolute atomic E-state index is 0.116. The van der Waals surface area contributed by atoms with Crippen molar-refractivity contribution < 1.29 is 5.11 Å². The molecule has 1 saturated carbocycles. The van der Waals surface area contributed by atoms with Gasteiger partial charge in [0.05, 0.1) is 41.6 Å². The first-order valence-electron chi connectivity index (χ1n) is 14.2. The molecule has 1 aliphatic carbocycles. The smallest absolute Gasteiger partial charge is 0.167 e. The van der Waals surface area contributed by atoms with Crippen molar-refractivity contribution in [3.8, 4) is 23.6 Å². The monoisotopic (exact) mass is 557 g/mol. The van der Waals surface area contributed by atoms with Gasteiger partial charge >= 0.3 is 0 Å². The molecular weight excluding hydrogens is 518 g/mol. The van der Waals surface area contributed by atoms with E-state index in [0.717, 1.165) is 37.8 Å². The van der Waals surface area contributed by atoms with Gasteiger partial charge in [0, 0.05) is 24.0 Å². The van der Waals surface area contributed by atoms with E-state index in [0.29, 0.717) is 40.1 Å². The second-order valence-corrected chi connectivity index (χ2v) is 9.37. The summed E-state index contributed by atoms with van der Waals surface area (Å²) in [5, 5.41) is 44.9. The molecular formula is C29H39N11O. The number of rotatable bonds is 7. The number of hydrogen-bond donors (Lipinski definition) is 3. The van der Waals surface area contributed by atoms with E-state index < -0.39 is 6.04 Å². The van der Waals surface area contributed by atoms with Crippen molar-refractivity contribution in [2.45, 2.75) is 78.7 Å². The lowest BCUT2D eigenvalue weighted by Crippen LogP contribution is -2.16. The maximum atomic E-state index is 9.42. The van der Waals surface area contributed by atoms with Crippen LogP contribution < -0.4 is 11.1 Å². The second-order valence-electron chi connectivity index (χ2n) is 9.37. The zero-order valence-electron chi connectivity index (χ0n) is 24.4. The van der Waals surface area contributed by atoms with Crippen LogP contribution in [0.5, 0.6) is 0 Å². The minimum atomic E-state index is -0.472. The Morgan fingerprint density at radius 1 is 1.12 bits per heavy atom. The molecule has 0 aromatic carbocycles. The molecule has 0 aliphatic heterocycles. The molecule has 4 heterocycles. The highest BCUT2D eigenvalue weighted by Crippen LogP contribution is 2.36. The van der Waals surface area contributed by atoms with Crippen LogP contribution in [0.1, 0.15) is 83.9 Å². The number of anilines is 2. The first kappa shape index (κ1) is 31.0. The third-order valence-corrected chi connectivity index (χ3v) is 6.91. The van der Waals surface area contributed by atoms with Crippen LogP contribution in [0.2, 0.25) is 0 Å². The molecule has 0 bridgehead atoms. The summed E-state index contributed by atoms with van der Waals surface area (Å²) in [6, 6.07) is 7.16. The molecule has 1 fully saturated rings. The van der Waals surface area contributed by atoms with E-state index in [9.17, 15) is 15.6 Å². The Morgan fingerprint density at radius 2 is 1.85 bits per heavy atom. The molecule has 12 heteroatoms. The van der Waals surface area contributed by atoms with E-state index >= 15 is 0 Å². The molecule has 0 saturated heterocycles. The molecule has 5 rings (SSSR count). The number of pyridine rings is 2. The van der Waals surface area contributed by atoms with Crippen LogP contribution in [0.25, 0.3) is 22.5 Å². The summed E-state index contributed by atoms with van der Waals surface area (Å²) in [6.45, 7) is 10.0. The number of hydrogen-bond acceptors (Lipinski definition) is 10. The predicted molar refractivity (Wildman–Crippen MR) is 158 cm³/mol. The Balaban J connectivity index is 0.00000111. The summed E-state index contributed by atoms with van der Waals surface area (Å²) in [4.78, 5) is 8.93. The number of nitrogens with one attached hydrogen (secondary N) is 1. The lowest BCUT2D eigenvalue weighted by molar-refractivity contribution is 0.221. The van der Waals surface area contributed by atoms with Gasteiger partial charge in [0.25, 0.3) is 0 Å². The SMILES string of the molecule is CC.CC.C[C@H](C#N)Nc1cc(-n2ncc3cc(C#N)c(N)nc32)ncc1-n1cc(C2CCC(CCO)CC2)nn1. The zero-order chi connectivity index (χ0) is 29.9. The first-order chi connectivity index (χ1) is 20.0. The number of aliphatic hydroxyl groups is 1. The number of nitrogen functional groups attached to an aromatic ring is 1. The van der Waals surface area contributed by atoms with Crippen molar-refractivity contribution in [1.29, 1.82) is 10.5 Å². The summed E-state index contributed by atoms with van der Waals surface area (Å²) in [7, 11) is 0. The Morgan fingerprint density at radius 3 is 2.51 bits per heavy atom. The Hall–Kier alpha value is -4.55. The quantitative estimate of drug-likeness (QED) is 0.283. The molecule has 41 heavy (non-hydrogen) atoms. The molecule has 0 radical (unpaired) electrons. The Bertz CT molecular complexity index is 1500. The molecule has 216 valence electrons. The highest BCUT2D eigenvalue weighted by atomic mass is 16.3. The average molecular weight is 558 g/mol. The van der Waals surface area contributed by atoms with Gasteiger partial charge in [0.2, 0.25) is 0 Å². The molecule has 12 nitrogen and oxygen atoms in total. The summed E-state index contributed by atoms with van der Waals surface area (Å²) >= 11 is 0. The van der Waals surface area contributed by atoms with Gasteiger partial charge in [-0.05, 0) is 51.0 Å². The Kier molecular flexibility index (Phi) is 11.1. The lowest BCUT2D eigenvalue weighted by atomic mass is 9.79. The fourth-order valence-corrected chi connectivity index (χ4v) is 4.86. The number of aromatic nitrogens is 7. The highest BCUT2D eigenvalue weighted by molar-refractivity contribution is 5.80. The van der Waals surface area contributed by atoms with E-state index in [1.54, 1.807) is 36.1 Å². The van der Waals surface area contributed by atoms with Crippen molar-refractivity contribution in [3.05, 3.63) is 42.0 Å². The van der Waals surface area contributed by atoms with E-state index in [1.165, 1.54) is 4.68 Å². The summed E-state index contributed by atoms with van der Waals surface area (Å²) in [6.07, 6.45) is 10.2. The third-order valence-electron chi connectivity index (χ3n) is 6.91. The number of fused-ring (bicyclic) bond motifs is 1. The molecule has 1 atom stereocenters. The van der Waals surface area contributed by atoms with E-state index in [1.807, 2.05) is 40.0 Å². The first-order valence-corrected chi connectivity index (χ1v) is 14.2. The van der Waals surface area contributed by atoms with Crippen molar-refractivity contribution in [1.82, 2.24) is 34.7 Å². The summed E-state index contributed by atoms with van der Waals surface area (Å²) < 4.78 is 3.21. The van der Waals surface area contributed by atoms with Gasteiger partial charge in [-0.1, -0.05) is 32.9 Å². The Labute approximate surface area is 240 Å². The van der Waals surface area contributed by atoms with Gasteiger partial charge < -0.3 is 16.2 Å². The van der Waals surface area contributed by atoms with Gasteiger partial charge in [-0.25, -0.2) is 14.6 Å². The molecule has 1 aliphatic rings. The molecule has 0 unspecified atom stereocenters. The summed E-state index contributed by atoms with van der Waals surface area (Å²) in [5.74, 6) is 1.48. The maximum Gasteiger partial charge on any atom is 0.167 e. The van der Waals surface area contributed by atoms with Crippen LogP contribution in [0.15, 0.2) is 30.7 Å². The zero-order valence-corrected chi connectivity index (χ0v) is 24.4. The van der Waals surface area contributed by atoms with E-state index in [-0.39, 0.29) is 18.0 Å². The third kappa shape index (κ3) is 6.97. The van der Waals surface area contributed by atoms with Crippen LogP contribution in [0.4, 0.5) is 11.5 Å². The summed E-state index contributed by atoms with van der Waals surface area (Å²) in [5.41, 5.74) is 8.89. The second kappa shape index (κ2) is 14.7. The molecule has 0 amide bonds. The predicted octanol–water partition coefficient (Wildman–Crippen LogP) is 4.88. The average Bonchev–Trinajstić information content (AvgIpc) is 3.67. The maximum absolute atomic E-state index is 9.42. The van der Waals surface area contributed by atoms with Crippen LogP contribution in [-0.4, -0.2) is 52.5 Å². The lowest BCUT2D eigenvalue weighted by Gasteiger charge is -2.26. The number of aliphatic hydroxyl groups excluding tert-OH is 1. The molecule has 4 N–H and O–H groups in total. The van der Waals surface area contributed by atoms with Crippen molar-refractivity contribution in [2.24, 2.45) is 5.92 Å². The van der Waals surface area contributed by atoms with Crippen LogP contribution in [0.3, 0.4) is 0 Å². The molecule has 0 spiro atoms. The largest absolute Gasteiger partial charge is 0.396 e. The van der Waals surface area contributed by atoms with Gasteiger partial charge in [0.15, 0.2) is 11.5 Å². The van der Waals surface area contributed by atoms with Crippen molar-refractivity contribution >= 4 is 22.5 Å². The van der Waals surface area contributed by atoms with E-state index in [4.69, 9.17) is 5.73 Å². The van der Waals surface area contributed by atoms with E-state index in [2.05, 4.69) is 36.8 Å². The van der Waals surface area contributed by atoms with Gasteiger partial charge in [-0.3, -0.25) is 0 Å². The number of nitrogens with zero attached hydrogens (tertiary/aromatic N) is 9. The van der Waals surface area contributed by atoms with Crippen molar-refractivity contribution in [3.63, 3.8) is 0 Å². The van der Waals surface area contributed by atoms with Crippen LogP contribution in [-0.2, 0) is 0 Å². The molecule has 4 aromatic heterocycles. The fraction of sp³-hybridized carbons (Fsp3) is 0.483.